The van der Waals surface area contributed by atoms with Crippen LogP contribution >= 0.6 is 0 Å². The molecule has 0 atom stereocenters. The number of nitrogens with zero attached hydrogens (tertiary/aromatic N) is 1. The van der Waals surface area contributed by atoms with E-state index in [2.05, 4.69) is 9.71 Å². The molecule has 18 heavy (non-hydrogen) atoms. The molecule has 0 aliphatic rings. The number of aromatic nitrogens is 1. The summed E-state index contributed by atoms with van der Waals surface area (Å²) in [7, 11) is -3.56. The maximum absolute atomic E-state index is 11.9. The van der Waals surface area contributed by atoms with Crippen LogP contribution in [0.1, 0.15) is 11.3 Å². The maximum atomic E-state index is 11.9. The van der Waals surface area contributed by atoms with Gasteiger partial charge in [-0.25, -0.2) is 13.1 Å². The summed E-state index contributed by atoms with van der Waals surface area (Å²) in [6.07, 6.45) is 4.26. The van der Waals surface area contributed by atoms with Crippen LogP contribution in [0.25, 0.3) is 0 Å². The van der Waals surface area contributed by atoms with Crippen molar-refractivity contribution in [2.75, 3.05) is 0 Å². The van der Waals surface area contributed by atoms with Crippen molar-refractivity contribution < 1.29 is 12.8 Å². The van der Waals surface area contributed by atoms with Crippen molar-refractivity contribution in [3.63, 3.8) is 0 Å². The summed E-state index contributed by atoms with van der Waals surface area (Å²) in [5, 5.41) is 0. The number of furan rings is 1. The van der Waals surface area contributed by atoms with Gasteiger partial charge in [0.15, 0.2) is 0 Å². The molecule has 7 heteroatoms. The third-order valence-corrected chi connectivity index (χ3v) is 3.75. The fourth-order valence-electron chi connectivity index (χ4n) is 1.35. The van der Waals surface area contributed by atoms with Gasteiger partial charge in [0.25, 0.3) is 0 Å². The Morgan fingerprint density at radius 1 is 1.33 bits per heavy atom. The van der Waals surface area contributed by atoms with Crippen LogP contribution in [0.5, 0.6) is 0 Å². The highest BCUT2D eigenvalue weighted by Gasteiger charge is 2.14. The summed E-state index contributed by atoms with van der Waals surface area (Å²) in [5.74, 6) is 0. The minimum Gasteiger partial charge on any atom is -0.472 e. The van der Waals surface area contributed by atoms with E-state index < -0.39 is 10.0 Å². The summed E-state index contributed by atoms with van der Waals surface area (Å²) in [6, 6.07) is 4.76. The monoisotopic (exact) mass is 267 g/mol. The first-order valence-corrected chi connectivity index (χ1v) is 6.76. The van der Waals surface area contributed by atoms with Crippen LogP contribution in [0.2, 0.25) is 0 Å². The van der Waals surface area contributed by atoms with Crippen molar-refractivity contribution in [2.45, 2.75) is 18.0 Å². The number of rotatable bonds is 5. The van der Waals surface area contributed by atoms with Crippen LogP contribution < -0.4 is 10.5 Å². The molecule has 2 heterocycles. The third-order valence-electron chi connectivity index (χ3n) is 2.36. The number of hydrogen-bond donors (Lipinski definition) is 2. The smallest absolute Gasteiger partial charge is 0.242 e. The van der Waals surface area contributed by atoms with Crippen LogP contribution in [0.4, 0.5) is 0 Å². The quantitative estimate of drug-likeness (QED) is 0.827. The highest BCUT2D eigenvalue weighted by molar-refractivity contribution is 7.89. The minimum atomic E-state index is -3.56. The second-order valence-electron chi connectivity index (χ2n) is 3.65. The lowest BCUT2D eigenvalue weighted by molar-refractivity contribution is 0.561. The highest BCUT2D eigenvalue weighted by Crippen LogP contribution is 2.09. The van der Waals surface area contributed by atoms with Crippen molar-refractivity contribution in [1.29, 1.82) is 0 Å². The molecule has 0 spiro atoms. The van der Waals surface area contributed by atoms with E-state index in [-0.39, 0.29) is 18.0 Å². The van der Waals surface area contributed by atoms with Crippen LogP contribution in [0.3, 0.4) is 0 Å². The van der Waals surface area contributed by atoms with E-state index in [9.17, 15) is 8.42 Å². The van der Waals surface area contributed by atoms with Gasteiger partial charge in [-0.05, 0) is 18.2 Å². The van der Waals surface area contributed by atoms with E-state index in [4.69, 9.17) is 10.2 Å². The molecule has 0 saturated heterocycles. The Morgan fingerprint density at radius 2 is 2.17 bits per heavy atom. The number of sulfonamides is 1. The fourth-order valence-corrected chi connectivity index (χ4v) is 2.31. The van der Waals surface area contributed by atoms with Crippen molar-refractivity contribution in [3.8, 4) is 0 Å². The van der Waals surface area contributed by atoms with Gasteiger partial charge in [0, 0.05) is 24.8 Å². The van der Waals surface area contributed by atoms with Gasteiger partial charge in [0.2, 0.25) is 10.0 Å². The van der Waals surface area contributed by atoms with Gasteiger partial charge in [-0.3, -0.25) is 4.98 Å². The molecule has 0 saturated carbocycles. The summed E-state index contributed by atoms with van der Waals surface area (Å²) < 4.78 is 31.1. The lowest BCUT2D eigenvalue weighted by Gasteiger charge is -2.05. The second-order valence-corrected chi connectivity index (χ2v) is 5.41. The molecule has 6 nitrogen and oxygen atoms in total. The molecule has 0 amide bonds. The first-order chi connectivity index (χ1) is 8.62. The molecule has 0 aromatic carbocycles. The standard InChI is InChI=1S/C11H13N3O3S/c12-5-10-1-2-11(7-13-10)18(15,16)14-6-9-3-4-17-8-9/h1-4,7-8,14H,5-6,12H2. The Hall–Kier alpha value is -1.70. The summed E-state index contributed by atoms with van der Waals surface area (Å²) in [4.78, 5) is 4.06. The van der Waals surface area contributed by atoms with Crippen molar-refractivity contribution in [2.24, 2.45) is 5.73 Å². The summed E-state index contributed by atoms with van der Waals surface area (Å²) in [5.41, 5.74) is 6.79. The Labute approximate surface area is 105 Å². The predicted molar refractivity (Wildman–Crippen MR) is 64.9 cm³/mol. The molecule has 0 fully saturated rings. The average Bonchev–Trinajstić information content (AvgIpc) is 2.90. The zero-order valence-electron chi connectivity index (χ0n) is 9.54. The molecular formula is C11H13N3O3S. The first kappa shape index (κ1) is 12.7. The van der Waals surface area contributed by atoms with Crippen LogP contribution in [-0.4, -0.2) is 13.4 Å². The molecule has 0 aliphatic carbocycles. The number of hydrogen-bond acceptors (Lipinski definition) is 5. The molecule has 0 bridgehead atoms. The van der Waals surface area contributed by atoms with Gasteiger partial charge >= 0.3 is 0 Å². The van der Waals surface area contributed by atoms with E-state index in [1.165, 1.54) is 24.8 Å². The van der Waals surface area contributed by atoms with E-state index in [1.54, 1.807) is 12.1 Å². The summed E-state index contributed by atoms with van der Waals surface area (Å²) >= 11 is 0. The van der Waals surface area contributed by atoms with Crippen molar-refractivity contribution in [3.05, 3.63) is 48.2 Å². The maximum Gasteiger partial charge on any atom is 0.242 e. The second kappa shape index (κ2) is 5.30. The van der Waals surface area contributed by atoms with Gasteiger partial charge in [0.05, 0.1) is 18.2 Å². The van der Waals surface area contributed by atoms with Crippen LogP contribution in [-0.2, 0) is 23.1 Å². The normalized spacial score (nSPS) is 11.6. The molecule has 0 radical (unpaired) electrons. The zero-order chi connectivity index (χ0) is 13.0. The third kappa shape index (κ3) is 2.95. The van der Waals surface area contributed by atoms with Gasteiger partial charge in [0.1, 0.15) is 4.90 Å². The first-order valence-electron chi connectivity index (χ1n) is 5.27. The molecule has 3 N–H and O–H groups in total. The van der Waals surface area contributed by atoms with Crippen molar-refractivity contribution in [1.82, 2.24) is 9.71 Å². The van der Waals surface area contributed by atoms with E-state index in [0.29, 0.717) is 5.69 Å². The van der Waals surface area contributed by atoms with Crippen molar-refractivity contribution >= 4 is 10.0 Å². The number of pyridine rings is 1. The van der Waals surface area contributed by atoms with E-state index in [1.807, 2.05) is 0 Å². The minimum absolute atomic E-state index is 0.114. The number of nitrogens with two attached hydrogens (primary N) is 1. The van der Waals surface area contributed by atoms with Crippen LogP contribution in [0, 0.1) is 0 Å². The molecule has 2 aromatic rings. The lowest BCUT2D eigenvalue weighted by Crippen LogP contribution is -2.23. The molecule has 2 aromatic heterocycles. The van der Waals surface area contributed by atoms with Gasteiger partial charge in [-0.15, -0.1) is 0 Å². The van der Waals surface area contributed by atoms with Gasteiger partial charge in [-0.2, -0.15) is 0 Å². The van der Waals surface area contributed by atoms with Crippen LogP contribution in [0.15, 0.2) is 46.2 Å². The summed E-state index contributed by atoms with van der Waals surface area (Å²) in [6.45, 7) is 0.459. The predicted octanol–water partition coefficient (Wildman–Crippen LogP) is 0.612. The molecule has 0 aliphatic heterocycles. The SMILES string of the molecule is NCc1ccc(S(=O)(=O)NCc2ccoc2)cn1. The van der Waals surface area contributed by atoms with Gasteiger partial charge in [-0.1, -0.05) is 0 Å². The average molecular weight is 267 g/mol. The Kier molecular flexibility index (Phi) is 3.75. The topological polar surface area (TPSA) is 98.2 Å². The molecular weight excluding hydrogens is 254 g/mol. The lowest BCUT2D eigenvalue weighted by atomic mass is 10.3. The van der Waals surface area contributed by atoms with E-state index >= 15 is 0 Å². The molecule has 2 rings (SSSR count). The Morgan fingerprint density at radius 3 is 2.72 bits per heavy atom. The van der Waals surface area contributed by atoms with E-state index in [0.717, 1.165) is 5.56 Å². The molecule has 96 valence electrons. The Bertz CT molecular complexity index is 591. The number of nitrogens with one attached hydrogen (secondary N) is 1. The molecule has 0 unspecified atom stereocenters. The largest absolute Gasteiger partial charge is 0.472 e. The fraction of sp³-hybridized carbons (Fsp3) is 0.182. The zero-order valence-corrected chi connectivity index (χ0v) is 10.4. The van der Waals surface area contributed by atoms with Gasteiger partial charge < -0.3 is 10.2 Å². The Balaban J connectivity index is 2.09. The highest BCUT2D eigenvalue weighted by atomic mass is 32.2.